The molecule has 112 valence electrons. The van der Waals surface area contributed by atoms with Gasteiger partial charge in [-0.1, -0.05) is 17.7 Å². The van der Waals surface area contributed by atoms with E-state index in [9.17, 15) is 4.79 Å². The molecule has 6 heteroatoms. The lowest BCUT2D eigenvalue weighted by Gasteiger charge is -2.07. The lowest BCUT2D eigenvalue weighted by atomic mass is 10.2. The van der Waals surface area contributed by atoms with Gasteiger partial charge < -0.3 is 5.32 Å². The predicted molar refractivity (Wildman–Crippen MR) is 93.9 cm³/mol. The molecule has 0 fully saturated rings. The van der Waals surface area contributed by atoms with Crippen LogP contribution in [0, 0.1) is 6.92 Å². The lowest BCUT2D eigenvalue weighted by molar-refractivity contribution is -0.115. The number of carbonyl (C=O) groups excluding carboxylic acids is 1. The van der Waals surface area contributed by atoms with Crippen LogP contribution < -0.4 is 5.32 Å². The second kappa shape index (κ2) is 6.60. The van der Waals surface area contributed by atoms with Crippen molar-refractivity contribution in [1.29, 1.82) is 0 Å². The maximum atomic E-state index is 12.1. The monoisotopic (exact) mass is 348 g/mol. The van der Waals surface area contributed by atoms with Gasteiger partial charge in [0.1, 0.15) is 5.01 Å². The highest BCUT2D eigenvalue weighted by atomic mass is 35.5. The number of nitrogens with zero attached hydrogens (tertiary/aromatic N) is 1. The molecule has 1 N–H and O–H groups in total. The molecule has 1 amide bonds. The Kier molecular flexibility index (Phi) is 4.57. The van der Waals surface area contributed by atoms with E-state index in [2.05, 4.69) is 10.3 Å². The number of hydrogen-bond donors (Lipinski definition) is 1. The van der Waals surface area contributed by atoms with Gasteiger partial charge in [0, 0.05) is 16.1 Å². The number of rotatable bonds is 4. The number of nitrogens with one attached hydrogen (secondary N) is 1. The zero-order chi connectivity index (χ0) is 15.5. The SMILES string of the molecule is Cc1cc(Cl)ccc1NC(=O)Cc1csc(-c2cccs2)n1. The van der Waals surface area contributed by atoms with E-state index in [1.165, 1.54) is 0 Å². The molecule has 0 bridgehead atoms. The summed E-state index contributed by atoms with van der Waals surface area (Å²) in [6.45, 7) is 1.92. The van der Waals surface area contributed by atoms with Gasteiger partial charge in [-0.05, 0) is 42.1 Å². The average Bonchev–Trinajstić information content (AvgIpc) is 3.12. The summed E-state index contributed by atoms with van der Waals surface area (Å²) in [6, 6.07) is 9.44. The maximum absolute atomic E-state index is 12.1. The van der Waals surface area contributed by atoms with Crippen LogP contribution in [0.3, 0.4) is 0 Å². The van der Waals surface area contributed by atoms with Crippen molar-refractivity contribution in [3.05, 3.63) is 57.4 Å². The fraction of sp³-hybridized carbons (Fsp3) is 0.125. The summed E-state index contributed by atoms with van der Waals surface area (Å²) in [7, 11) is 0. The van der Waals surface area contributed by atoms with Crippen LogP contribution in [0.5, 0.6) is 0 Å². The van der Waals surface area contributed by atoms with Gasteiger partial charge in [-0.3, -0.25) is 4.79 Å². The van der Waals surface area contributed by atoms with Crippen LogP contribution in [-0.2, 0) is 11.2 Å². The molecule has 3 rings (SSSR count). The van der Waals surface area contributed by atoms with Crippen molar-refractivity contribution in [2.24, 2.45) is 0 Å². The molecule has 22 heavy (non-hydrogen) atoms. The molecule has 0 atom stereocenters. The second-order valence-corrected chi connectivity index (χ2v) is 7.05. The molecule has 0 spiro atoms. The van der Waals surface area contributed by atoms with Gasteiger partial charge in [-0.15, -0.1) is 22.7 Å². The van der Waals surface area contributed by atoms with Crippen LogP contribution in [0.4, 0.5) is 5.69 Å². The second-order valence-electron chi connectivity index (χ2n) is 4.81. The highest BCUT2D eigenvalue weighted by molar-refractivity contribution is 7.20. The first-order valence-corrected chi connectivity index (χ1v) is 8.80. The smallest absolute Gasteiger partial charge is 0.230 e. The normalized spacial score (nSPS) is 10.6. The number of carbonyl (C=O) groups is 1. The van der Waals surface area contributed by atoms with Gasteiger partial charge in [0.25, 0.3) is 0 Å². The standard InChI is InChI=1S/C16H13ClN2OS2/c1-10-7-11(17)4-5-13(10)19-15(20)8-12-9-22-16(18-12)14-3-2-6-21-14/h2-7,9H,8H2,1H3,(H,19,20). The zero-order valence-corrected chi connectivity index (χ0v) is 14.2. The largest absolute Gasteiger partial charge is 0.326 e. The first-order valence-electron chi connectivity index (χ1n) is 6.66. The van der Waals surface area contributed by atoms with Gasteiger partial charge in [0.15, 0.2) is 0 Å². The van der Waals surface area contributed by atoms with Crippen LogP contribution in [0.15, 0.2) is 41.1 Å². The van der Waals surface area contributed by atoms with Crippen molar-refractivity contribution in [2.75, 3.05) is 5.32 Å². The summed E-state index contributed by atoms with van der Waals surface area (Å²) in [4.78, 5) is 17.8. The van der Waals surface area contributed by atoms with Crippen molar-refractivity contribution in [1.82, 2.24) is 4.98 Å². The number of hydrogen-bond acceptors (Lipinski definition) is 4. The fourth-order valence-corrected chi connectivity index (χ4v) is 3.89. The quantitative estimate of drug-likeness (QED) is 0.719. The molecule has 0 unspecified atom stereocenters. The van der Waals surface area contributed by atoms with Crippen molar-refractivity contribution in [3.8, 4) is 9.88 Å². The highest BCUT2D eigenvalue weighted by Gasteiger charge is 2.11. The molecule has 2 aromatic heterocycles. The number of halogens is 1. The van der Waals surface area contributed by atoms with E-state index >= 15 is 0 Å². The summed E-state index contributed by atoms with van der Waals surface area (Å²) in [5.74, 6) is -0.0755. The van der Waals surface area contributed by atoms with Gasteiger partial charge >= 0.3 is 0 Å². The van der Waals surface area contributed by atoms with Crippen molar-refractivity contribution in [3.63, 3.8) is 0 Å². The van der Waals surface area contributed by atoms with E-state index < -0.39 is 0 Å². The first-order chi connectivity index (χ1) is 10.6. The number of amides is 1. The number of benzene rings is 1. The predicted octanol–water partition coefficient (Wildman–Crippen LogP) is 5.01. The van der Waals surface area contributed by atoms with Crippen LogP contribution in [-0.4, -0.2) is 10.9 Å². The minimum Gasteiger partial charge on any atom is -0.326 e. The number of thiazole rings is 1. The molecule has 2 heterocycles. The third-order valence-corrected chi connectivity index (χ3v) is 5.25. The Morgan fingerprint density at radius 2 is 2.18 bits per heavy atom. The fourth-order valence-electron chi connectivity index (χ4n) is 2.03. The average molecular weight is 349 g/mol. The Labute approximate surface area is 141 Å². The molecule has 3 aromatic rings. The van der Waals surface area contributed by atoms with Crippen LogP contribution in [0.2, 0.25) is 5.02 Å². The van der Waals surface area contributed by atoms with Gasteiger partial charge in [-0.2, -0.15) is 0 Å². The van der Waals surface area contributed by atoms with E-state index in [1.807, 2.05) is 41.9 Å². The molecule has 1 aromatic carbocycles. The van der Waals surface area contributed by atoms with Gasteiger partial charge in [-0.25, -0.2) is 4.98 Å². The minimum absolute atomic E-state index is 0.0755. The molecule has 0 aliphatic carbocycles. The zero-order valence-electron chi connectivity index (χ0n) is 11.8. The Hall–Kier alpha value is -1.69. The molecule has 0 aliphatic heterocycles. The molecular weight excluding hydrogens is 336 g/mol. The molecule has 0 aliphatic rings. The topological polar surface area (TPSA) is 42.0 Å². The third kappa shape index (κ3) is 3.55. The summed E-state index contributed by atoms with van der Waals surface area (Å²) in [6.07, 6.45) is 0.268. The van der Waals surface area contributed by atoms with Crippen LogP contribution in [0.25, 0.3) is 9.88 Å². The molecule has 3 nitrogen and oxygen atoms in total. The molecule has 0 saturated heterocycles. The van der Waals surface area contributed by atoms with Crippen molar-refractivity contribution in [2.45, 2.75) is 13.3 Å². The minimum atomic E-state index is -0.0755. The molecular formula is C16H13ClN2OS2. The Morgan fingerprint density at radius 1 is 1.32 bits per heavy atom. The van der Waals surface area contributed by atoms with Gasteiger partial charge in [0.05, 0.1) is 17.0 Å². The summed E-state index contributed by atoms with van der Waals surface area (Å²) in [5.41, 5.74) is 2.51. The van der Waals surface area contributed by atoms with Crippen LogP contribution >= 0.6 is 34.3 Å². The van der Waals surface area contributed by atoms with Gasteiger partial charge in [0.2, 0.25) is 5.91 Å². The summed E-state index contributed by atoms with van der Waals surface area (Å²) < 4.78 is 0. The summed E-state index contributed by atoms with van der Waals surface area (Å²) in [5, 5.41) is 8.48. The van der Waals surface area contributed by atoms with Crippen molar-refractivity contribution >= 4 is 45.9 Å². The van der Waals surface area contributed by atoms with E-state index in [-0.39, 0.29) is 12.3 Å². The summed E-state index contributed by atoms with van der Waals surface area (Å²) >= 11 is 9.13. The van der Waals surface area contributed by atoms with E-state index in [0.29, 0.717) is 5.02 Å². The van der Waals surface area contributed by atoms with E-state index in [0.717, 1.165) is 26.8 Å². The lowest BCUT2D eigenvalue weighted by Crippen LogP contribution is -2.15. The Balaban J connectivity index is 1.67. The number of aryl methyl sites for hydroxylation is 1. The Bertz CT molecular complexity index is 796. The molecule has 0 radical (unpaired) electrons. The third-order valence-electron chi connectivity index (χ3n) is 3.09. The van der Waals surface area contributed by atoms with Crippen molar-refractivity contribution < 1.29 is 4.79 Å². The van der Waals surface area contributed by atoms with Crippen LogP contribution in [0.1, 0.15) is 11.3 Å². The molecule has 0 saturated carbocycles. The highest BCUT2D eigenvalue weighted by Crippen LogP contribution is 2.28. The Morgan fingerprint density at radius 3 is 2.91 bits per heavy atom. The number of thiophene rings is 1. The number of aromatic nitrogens is 1. The van der Waals surface area contributed by atoms with E-state index in [4.69, 9.17) is 11.6 Å². The first kappa shape index (κ1) is 15.2. The van der Waals surface area contributed by atoms with E-state index in [1.54, 1.807) is 28.7 Å². The number of anilines is 1. The maximum Gasteiger partial charge on any atom is 0.230 e.